The Hall–Kier alpha value is -1.59. The van der Waals surface area contributed by atoms with E-state index in [9.17, 15) is 0 Å². The quantitative estimate of drug-likeness (QED) is 0.716. The van der Waals surface area contributed by atoms with Crippen molar-refractivity contribution in [2.45, 2.75) is 13.0 Å². The zero-order chi connectivity index (χ0) is 11.5. The minimum atomic E-state index is -0.360. The molecule has 86 valence electrons. The molecule has 1 heterocycles. The standard InChI is InChI=1S/C11H14N2O3/c1-7-12-10-3-2-8(4-11(10)16-7)13-9(5-14)6-15/h2-4,9,13-15H,5-6H2,1H3. The number of benzene rings is 1. The number of hydrogen-bond donors (Lipinski definition) is 3. The number of oxazole rings is 1. The summed E-state index contributed by atoms with van der Waals surface area (Å²) in [7, 11) is 0. The van der Waals surface area contributed by atoms with Crippen LogP contribution in [0, 0.1) is 6.92 Å². The van der Waals surface area contributed by atoms with Gasteiger partial charge < -0.3 is 19.9 Å². The van der Waals surface area contributed by atoms with Crippen molar-refractivity contribution >= 4 is 16.8 Å². The summed E-state index contributed by atoms with van der Waals surface area (Å²) < 4.78 is 5.38. The number of nitrogens with zero attached hydrogens (tertiary/aromatic N) is 1. The smallest absolute Gasteiger partial charge is 0.192 e. The van der Waals surface area contributed by atoms with Crippen LogP contribution in [0.4, 0.5) is 5.69 Å². The Morgan fingerprint density at radius 1 is 1.38 bits per heavy atom. The number of hydrogen-bond acceptors (Lipinski definition) is 5. The lowest BCUT2D eigenvalue weighted by molar-refractivity contribution is 0.204. The van der Waals surface area contributed by atoms with Crippen LogP contribution in [0.15, 0.2) is 22.6 Å². The average molecular weight is 222 g/mol. The number of aliphatic hydroxyl groups is 2. The molecule has 0 saturated heterocycles. The molecule has 0 unspecified atom stereocenters. The van der Waals surface area contributed by atoms with Crippen molar-refractivity contribution < 1.29 is 14.6 Å². The number of fused-ring (bicyclic) bond motifs is 1. The van der Waals surface area contributed by atoms with Gasteiger partial charge in [0.15, 0.2) is 11.5 Å². The first-order valence-corrected chi connectivity index (χ1v) is 5.08. The fraction of sp³-hybridized carbons (Fsp3) is 0.364. The monoisotopic (exact) mass is 222 g/mol. The van der Waals surface area contributed by atoms with E-state index >= 15 is 0 Å². The van der Waals surface area contributed by atoms with Crippen molar-refractivity contribution in [1.82, 2.24) is 4.98 Å². The molecule has 0 spiro atoms. The first kappa shape index (κ1) is 10.9. The Bertz CT molecular complexity index is 477. The Kier molecular flexibility index (Phi) is 3.07. The summed E-state index contributed by atoms with van der Waals surface area (Å²) in [5.74, 6) is 0.619. The summed E-state index contributed by atoms with van der Waals surface area (Å²) in [4.78, 5) is 4.18. The third-order valence-corrected chi connectivity index (χ3v) is 2.31. The predicted octanol–water partition coefficient (Wildman–Crippen LogP) is 0.901. The Labute approximate surface area is 92.7 Å². The molecular formula is C11H14N2O3. The van der Waals surface area contributed by atoms with Gasteiger partial charge in [0.1, 0.15) is 5.52 Å². The SMILES string of the molecule is Cc1nc2ccc(NC(CO)CO)cc2o1. The van der Waals surface area contributed by atoms with Crippen LogP contribution in [0.1, 0.15) is 5.89 Å². The van der Waals surface area contributed by atoms with Crippen molar-refractivity contribution in [3.63, 3.8) is 0 Å². The van der Waals surface area contributed by atoms with Crippen molar-refractivity contribution in [2.24, 2.45) is 0 Å². The van der Waals surface area contributed by atoms with Crippen molar-refractivity contribution in [3.8, 4) is 0 Å². The summed E-state index contributed by atoms with van der Waals surface area (Å²) in [5.41, 5.74) is 2.28. The molecule has 2 rings (SSSR count). The third kappa shape index (κ3) is 2.15. The van der Waals surface area contributed by atoms with Gasteiger partial charge in [-0.25, -0.2) is 4.98 Å². The van der Waals surface area contributed by atoms with Crippen molar-refractivity contribution in [3.05, 3.63) is 24.1 Å². The van der Waals surface area contributed by atoms with Crippen LogP contribution in [0.2, 0.25) is 0 Å². The topological polar surface area (TPSA) is 78.5 Å². The maximum absolute atomic E-state index is 8.95. The van der Waals surface area contributed by atoms with E-state index in [0.29, 0.717) is 11.5 Å². The molecule has 2 aromatic rings. The molecule has 0 fully saturated rings. The number of nitrogens with one attached hydrogen (secondary N) is 1. The zero-order valence-electron chi connectivity index (χ0n) is 8.97. The summed E-state index contributed by atoms with van der Waals surface area (Å²) in [6, 6.07) is 5.11. The van der Waals surface area contributed by atoms with E-state index in [1.165, 1.54) is 0 Å². The second-order valence-electron chi connectivity index (χ2n) is 3.62. The first-order chi connectivity index (χ1) is 7.72. The van der Waals surface area contributed by atoms with Gasteiger partial charge in [-0.2, -0.15) is 0 Å². The van der Waals surface area contributed by atoms with E-state index in [2.05, 4.69) is 10.3 Å². The van der Waals surface area contributed by atoms with E-state index in [0.717, 1.165) is 11.2 Å². The molecule has 1 aromatic carbocycles. The molecule has 0 aliphatic heterocycles. The Morgan fingerprint density at radius 2 is 2.12 bits per heavy atom. The van der Waals surface area contributed by atoms with E-state index < -0.39 is 0 Å². The molecular weight excluding hydrogens is 208 g/mol. The second kappa shape index (κ2) is 4.51. The van der Waals surface area contributed by atoms with Gasteiger partial charge in [0.05, 0.1) is 19.3 Å². The maximum atomic E-state index is 8.95. The molecule has 0 aliphatic rings. The second-order valence-corrected chi connectivity index (χ2v) is 3.62. The first-order valence-electron chi connectivity index (χ1n) is 5.08. The lowest BCUT2D eigenvalue weighted by Gasteiger charge is -2.14. The summed E-state index contributed by atoms with van der Waals surface area (Å²) in [5, 5.41) is 20.9. The maximum Gasteiger partial charge on any atom is 0.192 e. The fourth-order valence-electron chi connectivity index (χ4n) is 1.51. The highest BCUT2D eigenvalue weighted by Gasteiger charge is 2.07. The lowest BCUT2D eigenvalue weighted by Crippen LogP contribution is -2.27. The van der Waals surface area contributed by atoms with Gasteiger partial charge in [0, 0.05) is 18.7 Å². The van der Waals surface area contributed by atoms with Gasteiger partial charge in [0.25, 0.3) is 0 Å². The van der Waals surface area contributed by atoms with Gasteiger partial charge in [-0.15, -0.1) is 0 Å². The van der Waals surface area contributed by atoms with Crippen LogP contribution in [0.3, 0.4) is 0 Å². The minimum absolute atomic E-state index is 0.121. The molecule has 5 nitrogen and oxygen atoms in total. The normalized spacial score (nSPS) is 11.2. The van der Waals surface area contributed by atoms with Crippen molar-refractivity contribution in [2.75, 3.05) is 18.5 Å². The number of aliphatic hydroxyl groups excluding tert-OH is 2. The highest BCUT2D eigenvalue weighted by atomic mass is 16.3. The number of aryl methyl sites for hydroxylation is 1. The molecule has 0 amide bonds. The summed E-state index contributed by atoms with van der Waals surface area (Å²) in [6.45, 7) is 1.55. The molecule has 1 aromatic heterocycles. The third-order valence-electron chi connectivity index (χ3n) is 2.31. The largest absolute Gasteiger partial charge is 0.441 e. The molecule has 5 heteroatoms. The molecule has 3 N–H and O–H groups in total. The minimum Gasteiger partial charge on any atom is -0.441 e. The molecule has 0 bridgehead atoms. The molecule has 0 radical (unpaired) electrons. The van der Waals surface area contributed by atoms with E-state index in [4.69, 9.17) is 14.6 Å². The van der Waals surface area contributed by atoms with E-state index in [1.54, 1.807) is 13.0 Å². The number of anilines is 1. The highest BCUT2D eigenvalue weighted by molar-refractivity contribution is 5.77. The van der Waals surface area contributed by atoms with Gasteiger partial charge in [-0.05, 0) is 12.1 Å². The summed E-state index contributed by atoms with van der Waals surface area (Å²) in [6.07, 6.45) is 0. The molecule has 0 aliphatic carbocycles. The predicted molar refractivity (Wildman–Crippen MR) is 60.3 cm³/mol. The van der Waals surface area contributed by atoms with Gasteiger partial charge in [-0.3, -0.25) is 0 Å². The van der Waals surface area contributed by atoms with Crippen LogP contribution in [0.5, 0.6) is 0 Å². The van der Waals surface area contributed by atoms with Crippen LogP contribution >= 0.6 is 0 Å². The Morgan fingerprint density at radius 3 is 2.81 bits per heavy atom. The van der Waals surface area contributed by atoms with Crippen LogP contribution < -0.4 is 5.32 Å². The van der Waals surface area contributed by atoms with Gasteiger partial charge in [-0.1, -0.05) is 0 Å². The molecule has 0 atom stereocenters. The Balaban J connectivity index is 2.24. The van der Waals surface area contributed by atoms with E-state index in [1.807, 2.05) is 12.1 Å². The van der Waals surface area contributed by atoms with Crippen molar-refractivity contribution in [1.29, 1.82) is 0 Å². The number of rotatable bonds is 4. The van der Waals surface area contributed by atoms with Gasteiger partial charge >= 0.3 is 0 Å². The highest BCUT2D eigenvalue weighted by Crippen LogP contribution is 2.20. The number of aromatic nitrogens is 1. The zero-order valence-corrected chi connectivity index (χ0v) is 8.97. The molecule has 0 saturated carbocycles. The fourth-order valence-corrected chi connectivity index (χ4v) is 1.51. The van der Waals surface area contributed by atoms with E-state index in [-0.39, 0.29) is 19.3 Å². The van der Waals surface area contributed by atoms with Gasteiger partial charge in [0.2, 0.25) is 0 Å². The van der Waals surface area contributed by atoms with Crippen LogP contribution in [-0.2, 0) is 0 Å². The summed E-state index contributed by atoms with van der Waals surface area (Å²) >= 11 is 0. The lowest BCUT2D eigenvalue weighted by atomic mass is 10.2. The van der Waals surface area contributed by atoms with Crippen LogP contribution in [0.25, 0.3) is 11.1 Å². The van der Waals surface area contributed by atoms with Crippen LogP contribution in [-0.4, -0.2) is 34.5 Å². The molecule has 16 heavy (non-hydrogen) atoms. The average Bonchev–Trinajstić information content (AvgIpc) is 2.65.